The van der Waals surface area contributed by atoms with Crippen molar-refractivity contribution < 1.29 is 18.9 Å². The van der Waals surface area contributed by atoms with Crippen LogP contribution < -0.4 is 16.4 Å². The van der Waals surface area contributed by atoms with Gasteiger partial charge in [-0.3, -0.25) is 19.7 Å². The van der Waals surface area contributed by atoms with Crippen LogP contribution in [-0.2, 0) is 4.79 Å². The van der Waals surface area contributed by atoms with Crippen molar-refractivity contribution in [2.24, 2.45) is 0 Å². The van der Waals surface area contributed by atoms with Gasteiger partial charge < -0.3 is 16.4 Å². The third-order valence-electron chi connectivity index (χ3n) is 3.68. The number of nitro benzene ring substituents is 1. The highest BCUT2D eigenvalue weighted by atomic mass is 79.9. The number of carbonyl (C=O) groups is 2. The standard InChI is InChI=1S/C17H16BrFN4O4/c1-9-2-3-10(18)6-13(9)22-15(24)4-5-21-17(25)12-7-11(19)8-14(16(12)20)23(26)27/h2-3,6-8H,4-5,20H2,1H3,(H,21,25)(H,22,24). The first kappa shape index (κ1) is 20.3. The number of hydrogen-bond donors (Lipinski definition) is 3. The van der Waals surface area contributed by atoms with Gasteiger partial charge in [-0.05, 0) is 30.7 Å². The van der Waals surface area contributed by atoms with E-state index in [9.17, 15) is 24.1 Å². The fraction of sp³-hybridized carbons (Fsp3) is 0.176. The third-order valence-corrected chi connectivity index (χ3v) is 4.17. The quantitative estimate of drug-likeness (QED) is 0.362. The Kier molecular flexibility index (Phi) is 6.45. The first-order chi connectivity index (χ1) is 12.7. The van der Waals surface area contributed by atoms with Crippen molar-refractivity contribution in [3.8, 4) is 0 Å². The van der Waals surface area contributed by atoms with Gasteiger partial charge in [0.15, 0.2) is 0 Å². The van der Waals surface area contributed by atoms with Crippen molar-refractivity contribution in [1.29, 1.82) is 0 Å². The van der Waals surface area contributed by atoms with Crippen LogP contribution in [-0.4, -0.2) is 23.3 Å². The zero-order chi connectivity index (χ0) is 20.1. The number of benzene rings is 2. The summed E-state index contributed by atoms with van der Waals surface area (Å²) in [4.78, 5) is 34.1. The summed E-state index contributed by atoms with van der Waals surface area (Å²) in [6.45, 7) is 1.78. The molecule has 2 aromatic rings. The molecule has 27 heavy (non-hydrogen) atoms. The molecule has 0 spiro atoms. The van der Waals surface area contributed by atoms with Crippen molar-refractivity contribution in [1.82, 2.24) is 5.32 Å². The van der Waals surface area contributed by atoms with E-state index in [1.54, 1.807) is 6.07 Å². The Bertz CT molecular complexity index is 920. The summed E-state index contributed by atoms with van der Waals surface area (Å²) in [6, 6.07) is 6.87. The number of halogens is 2. The van der Waals surface area contributed by atoms with Gasteiger partial charge in [0, 0.05) is 23.1 Å². The van der Waals surface area contributed by atoms with Crippen LogP contribution in [0.4, 0.5) is 21.5 Å². The highest BCUT2D eigenvalue weighted by molar-refractivity contribution is 9.10. The summed E-state index contributed by atoms with van der Waals surface area (Å²) in [5, 5.41) is 16.0. The summed E-state index contributed by atoms with van der Waals surface area (Å²) in [5.41, 5.74) is 5.58. The lowest BCUT2D eigenvalue weighted by Crippen LogP contribution is -2.28. The van der Waals surface area contributed by atoms with Gasteiger partial charge in [-0.1, -0.05) is 22.0 Å². The molecule has 0 fully saturated rings. The van der Waals surface area contributed by atoms with Crippen LogP contribution in [0.1, 0.15) is 22.3 Å². The normalized spacial score (nSPS) is 10.3. The average Bonchev–Trinajstić information content (AvgIpc) is 2.59. The number of hydrogen-bond acceptors (Lipinski definition) is 5. The van der Waals surface area contributed by atoms with Crippen LogP contribution in [0.2, 0.25) is 0 Å². The fourth-order valence-corrected chi connectivity index (χ4v) is 2.63. The largest absolute Gasteiger partial charge is 0.393 e. The second-order valence-electron chi connectivity index (χ2n) is 5.66. The molecule has 0 saturated carbocycles. The molecular weight excluding hydrogens is 423 g/mol. The highest BCUT2D eigenvalue weighted by Crippen LogP contribution is 2.26. The Balaban J connectivity index is 1.97. The predicted octanol–water partition coefficient (Wildman–Crippen LogP) is 3.15. The van der Waals surface area contributed by atoms with E-state index >= 15 is 0 Å². The minimum atomic E-state index is -0.955. The van der Waals surface area contributed by atoms with Gasteiger partial charge in [0.2, 0.25) is 5.91 Å². The van der Waals surface area contributed by atoms with E-state index in [1.165, 1.54) is 0 Å². The van der Waals surface area contributed by atoms with Gasteiger partial charge in [0.1, 0.15) is 11.5 Å². The van der Waals surface area contributed by atoms with Crippen molar-refractivity contribution in [3.63, 3.8) is 0 Å². The van der Waals surface area contributed by atoms with Gasteiger partial charge in [-0.2, -0.15) is 0 Å². The van der Waals surface area contributed by atoms with E-state index in [2.05, 4.69) is 26.6 Å². The van der Waals surface area contributed by atoms with E-state index < -0.39 is 28.0 Å². The van der Waals surface area contributed by atoms with Crippen molar-refractivity contribution in [2.75, 3.05) is 17.6 Å². The van der Waals surface area contributed by atoms with Crippen molar-refractivity contribution in [2.45, 2.75) is 13.3 Å². The van der Waals surface area contributed by atoms with Crippen LogP contribution in [0.3, 0.4) is 0 Å². The molecule has 2 amide bonds. The topological polar surface area (TPSA) is 127 Å². The molecule has 8 nitrogen and oxygen atoms in total. The van der Waals surface area contributed by atoms with E-state index in [1.807, 2.05) is 19.1 Å². The number of nitro groups is 1. The number of rotatable bonds is 6. The van der Waals surface area contributed by atoms with Crippen LogP contribution in [0.5, 0.6) is 0 Å². The molecule has 0 unspecified atom stereocenters. The molecular formula is C17H16BrFN4O4. The lowest BCUT2D eigenvalue weighted by molar-refractivity contribution is -0.384. The molecule has 4 N–H and O–H groups in total. The lowest BCUT2D eigenvalue weighted by atomic mass is 10.1. The summed E-state index contributed by atoms with van der Waals surface area (Å²) in [7, 11) is 0. The Labute approximate surface area is 162 Å². The first-order valence-electron chi connectivity index (χ1n) is 7.76. The Morgan fingerprint density at radius 3 is 2.67 bits per heavy atom. The number of anilines is 2. The minimum absolute atomic E-state index is 0.0466. The maximum Gasteiger partial charge on any atom is 0.295 e. The van der Waals surface area contributed by atoms with Gasteiger partial charge in [-0.15, -0.1) is 0 Å². The molecule has 0 heterocycles. The van der Waals surface area contributed by atoms with Crippen LogP contribution in [0.15, 0.2) is 34.8 Å². The fourth-order valence-electron chi connectivity index (χ4n) is 2.27. The predicted molar refractivity (Wildman–Crippen MR) is 102 cm³/mol. The summed E-state index contributed by atoms with van der Waals surface area (Å²) in [6.07, 6.45) is -0.0466. The van der Waals surface area contributed by atoms with Gasteiger partial charge in [-0.25, -0.2) is 4.39 Å². The van der Waals surface area contributed by atoms with E-state index in [4.69, 9.17) is 5.73 Å². The number of nitrogen functional groups attached to an aromatic ring is 1. The van der Waals surface area contributed by atoms with Crippen molar-refractivity contribution >= 4 is 44.8 Å². The number of nitrogens with two attached hydrogens (primary N) is 1. The molecule has 10 heteroatoms. The van der Waals surface area contributed by atoms with Crippen LogP contribution in [0, 0.1) is 22.9 Å². The third kappa shape index (κ3) is 5.23. The molecule has 0 aromatic heterocycles. The zero-order valence-electron chi connectivity index (χ0n) is 14.2. The van der Waals surface area contributed by atoms with Gasteiger partial charge >= 0.3 is 0 Å². The SMILES string of the molecule is Cc1ccc(Br)cc1NC(=O)CCNC(=O)c1cc(F)cc([N+](=O)[O-])c1N. The number of aryl methyl sites for hydroxylation is 1. The number of carbonyl (C=O) groups excluding carboxylic acids is 2. The van der Waals surface area contributed by atoms with Crippen molar-refractivity contribution in [3.05, 3.63) is 61.9 Å². The highest BCUT2D eigenvalue weighted by Gasteiger charge is 2.21. The molecule has 0 bridgehead atoms. The van der Waals surface area contributed by atoms with Gasteiger partial charge in [0.05, 0.1) is 16.6 Å². The molecule has 0 aliphatic rings. The second kappa shape index (κ2) is 8.58. The van der Waals surface area contributed by atoms with E-state index in [0.717, 1.165) is 16.1 Å². The smallest absolute Gasteiger partial charge is 0.295 e. The first-order valence-corrected chi connectivity index (χ1v) is 8.56. The summed E-state index contributed by atoms with van der Waals surface area (Å²) < 4.78 is 14.3. The Hall–Kier alpha value is -3.01. The zero-order valence-corrected chi connectivity index (χ0v) is 15.8. The molecule has 0 atom stereocenters. The lowest BCUT2D eigenvalue weighted by Gasteiger charge is -2.10. The maximum atomic E-state index is 13.5. The molecule has 0 aliphatic heterocycles. The summed E-state index contributed by atoms with van der Waals surface area (Å²) in [5.74, 6) is -2.10. The molecule has 0 aliphatic carbocycles. The van der Waals surface area contributed by atoms with Crippen LogP contribution in [0.25, 0.3) is 0 Å². The molecule has 2 aromatic carbocycles. The maximum absolute atomic E-state index is 13.5. The minimum Gasteiger partial charge on any atom is -0.393 e. The molecule has 0 radical (unpaired) electrons. The molecule has 142 valence electrons. The summed E-state index contributed by atoms with van der Waals surface area (Å²) >= 11 is 3.31. The number of amides is 2. The number of nitrogens with one attached hydrogen (secondary N) is 2. The van der Waals surface area contributed by atoms with E-state index in [0.29, 0.717) is 11.8 Å². The monoisotopic (exact) mass is 438 g/mol. The Morgan fingerprint density at radius 2 is 2.00 bits per heavy atom. The van der Waals surface area contributed by atoms with Crippen LogP contribution >= 0.6 is 15.9 Å². The van der Waals surface area contributed by atoms with Gasteiger partial charge in [0.25, 0.3) is 11.6 Å². The Morgan fingerprint density at radius 1 is 1.30 bits per heavy atom. The number of nitrogens with zero attached hydrogens (tertiary/aromatic N) is 1. The molecule has 0 saturated heterocycles. The average molecular weight is 439 g/mol. The molecule has 2 rings (SSSR count). The van der Waals surface area contributed by atoms with E-state index in [-0.39, 0.29) is 24.4 Å². The second-order valence-corrected chi connectivity index (χ2v) is 6.57.